The molecule has 1 atom stereocenters. The molecule has 0 spiro atoms. The smallest absolute Gasteiger partial charge is 0.221 e. The molecule has 1 aromatic rings. The van der Waals surface area contributed by atoms with Crippen LogP contribution in [0.2, 0.25) is 0 Å². The average Bonchev–Trinajstić information content (AvgIpc) is 2.73. The van der Waals surface area contributed by atoms with E-state index in [-0.39, 0.29) is 17.9 Å². The summed E-state index contributed by atoms with van der Waals surface area (Å²) in [6.45, 7) is 2.79. The van der Waals surface area contributed by atoms with Crippen LogP contribution in [0, 0.1) is 0 Å². The molecule has 2 amide bonds. The van der Waals surface area contributed by atoms with Gasteiger partial charge in [0.1, 0.15) is 0 Å². The van der Waals surface area contributed by atoms with Gasteiger partial charge >= 0.3 is 0 Å². The van der Waals surface area contributed by atoms with Crippen LogP contribution in [-0.2, 0) is 16.1 Å². The third-order valence-corrected chi connectivity index (χ3v) is 2.89. The molecule has 5 heteroatoms. The Balaban J connectivity index is 1.96. The molecule has 1 aromatic carbocycles. The van der Waals surface area contributed by atoms with Gasteiger partial charge in [-0.25, -0.2) is 0 Å². The molecule has 1 aliphatic rings. The van der Waals surface area contributed by atoms with E-state index in [2.05, 4.69) is 16.0 Å². The van der Waals surface area contributed by atoms with Crippen molar-refractivity contribution in [3.05, 3.63) is 29.8 Å². The van der Waals surface area contributed by atoms with E-state index in [4.69, 9.17) is 0 Å². The molecule has 0 aliphatic carbocycles. The number of anilines is 1. The van der Waals surface area contributed by atoms with Crippen molar-refractivity contribution in [1.29, 1.82) is 0 Å². The molecule has 1 saturated heterocycles. The summed E-state index contributed by atoms with van der Waals surface area (Å²) in [4.78, 5) is 22.2. The Morgan fingerprint density at radius 1 is 1.44 bits per heavy atom. The average molecular weight is 247 g/mol. The summed E-state index contributed by atoms with van der Waals surface area (Å²) < 4.78 is 0. The van der Waals surface area contributed by atoms with Crippen LogP contribution in [0.5, 0.6) is 0 Å². The topological polar surface area (TPSA) is 70.2 Å². The highest BCUT2D eigenvalue weighted by atomic mass is 16.2. The zero-order chi connectivity index (χ0) is 13.0. The summed E-state index contributed by atoms with van der Waals surface area (Å²) in [6.07, 6.45) is 0.516. The highest BCUT2D eigenvalue weighted by molar-refractivity contribution is 5.89. The Bertz CT molecular complexity index is 459. The Kier molecular flexibility index (Phi) is 3.94. The maximum Gasteiger partial charge on any atom is 0.221 e. The van der Waals surface area contributed by atoms with Crippen molar-refractivity contribution in [2.75, 3.05) is 11.9 Å². The molecule has 96 valence electrons. The molecule has 1 heterocycles. The first-order valence-electron chi connectivity index (χ1n) is 6.00. The van der Waals surface area contributed by atoms with Gasteiger partial charge in [-0.05, 0) is 11.6 Å². The second kappa shape index (κ2) is 5.64. The largest absolute Gasteiger partial charge is 0.354 e. The van der Waals surface area contributed by atoms with E-state index < -0.39 is 0 Å². The Morgan fingerprint density at radius 2 is 2.22 bits per heavy atom. The van der Waals surface area contributed by atoms with E-state index in [0.29, 0.717) is 19.5 Å². The molecule has 1 unspecified atom stereocenters. The Hall–Kier alpha value is -1.88. The summed E-state index contributed by atoms with van der Waals surface area (Å²) in [5.41, 5.74) is 1.84. The number of rotatable bonds is 4. The summed E-state index contributed by atoms with van der Waals surface area (Å²) >= 11 is 0. The number of carbonyl (C=O) groups is 2. The first-order valence-corrected chi connectivity index (χ1v) is 6.00. The van der Waals surface area contributed by atoms with Crippen LogP contribution >= 0.6 is 0 Å². The highest BCUT2D eigenvalue weighted by Crippen LogP contribution is 2.15. The lowest BCUT2D eigenvalue weighted by Gasteiger charge is -2.13. The SMILES string of the molecule is CC(=O)Nc1ccccc1CNC1CNC(=O)C1. The standard InChI is InChI=1S/C13H17N3O2/c1-9(17)16-12-5-3-2-4-10(12)7-14-11-6-13(18)15-8-11/h2-5,11,14H,6-8H2,1H3,(H,15,18)(H,16,17). The van der Waals surface area contributed by atoms with E-state index in [1.54, 1.807) is 0 Å². The van der Waals surface area contributed by atoms with Crippen LogP contribution in [-0.4, -0.2) is 24.4 Å². The third-order valence-electron chi connectivity index (χ3n) is 2.89. The number of benzene rings is 1. The molecule has 18 heavy (non-hydrogen) atoms. The fourth-order valence-corrected chi connectivity index (χ4v) is 1.99. The molecule has 0 bridgehead atoms. The monoisotopic (exact) mass is 247 g/mol. The lowest BCUT2D eigenvalue weighted by molar-refractivity contribution is -0.119. The van der Waals surface area contributed by atoms with E-state index in [1.165, 1.54) is 6.92 Å². The first-order chi connectivity index (χ1) is 8.65. The predicted octanol–water partition coefficient (Wildman–Crippen LogP) is 0.623. The summed E-state index contributed by atoms with van der Waals surface area (Å²) in [5, 5.41) is 8.88. The fourth-order valence-electron chi connectivity index (χ4n) is 1.99. The number of hydrogen-bond acceptors (Lipinski definition) is 3. The van der Waals surface area contributed by atoms with Gasteiger partial charge in [0.05, 0.1) is 0 Å². The number of para-hydroxylation sites is 1. The van der Waals surface area contributed by atoms with Gasteiger partial charge in [-0.2, -0.15) is 0 Å². The maximum atomic E-state index is 11.1. The van der Waals surface area contributed by atoms with Crippen molar-refractivity contribution >= 4 is 17.5 Å². The molecular weight excluding hydrogens is 230 g/mol. The van der Waals surface area contributed by atoms with Crippen LogP contribution < -0.4 is 16.0 Å². The Labute approximate surface area is 106 Å². The van der Waals surface area contributed by atoms with E-state index in [1.807, 2.05) is 24.3 Å². The van der Waals surface area contributed by atoms with Gasteiger partial charge in [0.15, 0.2) is 0 Å². The van der Waals surface area contributed by atoms with E-state index >= 15 is 0 Å². The minimum Gasteiger partial charge on any atom is -0.354 e. The summed E-state index contributed by atoms with van der Waals surface area (Å²) in [6, 6.07) is 7.82. The summed E-state index contributed by atoms with van der Waals surface area (Å²) in [5.74, 6) is 0.00260. The van der Waals surface area contributed by atoms with Crippen LogP contribution in [0.3, 0.4) is 0 Å². The van der Waals surface area contributed by atoms with Crippen molar-refractivity contribution in [3.8, 4) is 0 Å². The van der Waals surface area contributed by atoms with Gasteiger partial charge in [-0.15, -0.1) is 0 Å². The second-order valence-corrected chi connectivity index (χ2v) is 4.42. The predicted molar refractivity (Wildman–Crippen MR) is 69.0 cm³/mol. The van der Waals surface area contributed by atoms with E-state index in [0.717, 1.165) is 11.3 Å². The van der Waals surface area contributed by atoms with Crippen molar-refractivity contribution < 1.29 is 9.59 Å². The van der Waals surface area contributed by atoms with Crippen LogP contribution in [0.15, 0.2) is 24.3 Å². The lowest BCUT2D eigenvalue weighted by Crippen LogP contribution is -2.30. The number of amides is 2. The zero-order valence-electron chi connectivity index (χ0n) is 10.3. The lowest BCUT2D eigenvalue weighted by atomic mass is 10.1. The molecule has 3 N–H and O–H groups in total. The van der Waals surface area contributed by atoms with Crippen LogP contribution in [0.1, 0.15) is 18.9 Å². The van der Waals surface area contributed by atoms with Crippen molar-refractivity contribution in [2.45, 2.75) is 25.9 Å². The van der Waals surface area contributed by atoms with Gasteiger partial charge in [-0.1, -0.05) is 18.2 Å². The van der Waals surface area contributed by atoms with Crippen LogP contribution in [0.4, 0.5) is 5.69 Å². The quantitative estimate of drug-likeness (QED) is 0.730. The molecule has 1 aliphatic heterocycles. The molecule has 1 fully saturated rings. The van der Waals surface area contributed by atoms with Crippen molar-refractivity contribution in [2.24, 2.45) is 0 Å². The van der Waals surface area contributed by atoms with Crippen LogP contribution in [0.25, 0.3) is 0 Å². The minimum absolute atomic E-state index is 0.0832. The van der Waals surface area contributed by atoms with Gasteiger partial charge in [0.2, 0.25) is 11.8 Å². The molecule has 0 radical (unpaired) electrons. The molecule has 2 rings (SSSR count). The highest BCUT2D eigenvalue weighted by Gasteiger charge is 2.20. The molecule has 5 nitrogen and oxygen atoms in total. The van der Waals surface area contributed by atoms with Gasteiger partial charge < -0.3 is 16.0 Å². The number of nitrogens with one attached hydrogen (secondary N) is 3. The van der Waals surface area contributed by atoms with Crippen molar-refractivity contribution in [3.63, 3.8) is 0 Å². The fraction of sp³-hybridized carbons (Fsp3) is 0.385. The maximum absolute atomic E-state index is 11.1. The number of hydrogen-bond donors (Lipinski definition) is 3. The summed E-state index contributed by atoms with van der Waals surface area (Å²) in [7, 11) is 0. The molecule has 0 aromatic heterocycles. The van der Waals surface area contributed by atoms with Gasteiger partial charge in [0, 0.05) is 38.2 Å². The molecule has 0 saturated carbocycles. The van der Waals surface area contributed by atoms with Gasteiger partial charge in [-0.3, -0.25) is 9.59 Å². The Morgan fingerprint density at radius 3 is 2.89 bits per heavy atom. The normalized spacial score (nSPS) is 18.5. The van der Waals surface area contributed by atoms with Crippen molar-refractivity contribution in [1.82, 2.24) is 10.6 Å². The number of carbonyl (C=O) groups excluding carboxylic acids is 2. The van der Waals surface area contributed by atoms with Gasteiger partial charge in [0.25, 0.3) is 0 Å². The second-order valence-electron chi connectivity index (χ2n) is 4.42. The van der Waals surface area contributed by atoms with E-state index in [9.17, 15) is 9.59 Å². The molecular formula is C13H17N3O2. The third kappa shape index (κ3) is 3.30. The minimum atomic E-state index is -0.0832. The first kappa shape index (κ1) is 12.6. The zero-order valence-corrected chi connectivity index (χ0v) is 10.3.